The Bertz CT molecular complexity index is 134. The van der Waals surface area contributed by atoms with Gasteiger partial charge in [0, 0.05) is 0 Å². The predicted molar refractivity (Wildman–Crippen MR) is 64.6 cm³/mol. The number of hydrogen-bond acceptors (Lipinski definition) is 0. The Labute approximate surface area is 88.8 Å². The van der Waals surface area contributed by atoms with Crippen LogP contribution >= 0.6 is 0 Å². The molecule has 0 rings (SSSR count). The molecule has 0 spiro atoms. The lowest BCUT2D eigenvalue weighted by Crippen LogP contribution is -2.13. The van der Waals surface area contributed by atoms with Crippen LogP contribution in [0.15, 0.2) is 10.5 Å². The van der Waals surface area contributed by atoms with Crippen LogP contribution in [0.5, 0.6) is 0 Å². The zero-order valence-corrected chi connectivity index (χ0v) is 11.1. The van der Waals surface area contributed by atoms with E-state index >= 15 is 0 Å². The molecule has 13 heavy (non-hydrogen) atoms. The monoisotopic (exact) mass is 196 g/mol. The van der Waals surface area contributed by atoms with Gasteiger partial charge in [-0.1, -0.05) is 51.1 Å². The Morgan fingerprint density at radius 1 is 1.00 bits per heavy atom. The van der Waals surface area contributed by atoms with Gasteiger partial charge in [-0.2, -0.15) is 0 Å². The summed E-state index contributed by atoms with van der Waals surface area (Å²) in [6.45, 7) is 9.32. The van der Waals surface area contributed by atoms with E-state index in [-0.39, 0.29) is 0 Å². The predicted octanol–water partition coefficient (Wildman–Crippen LogP) is 4.59. The van der Waals surface area contributed by atoms with Crippen molar-refractivity contribution in [3.05, 3.63) is 10.5 Å². The summed E-state index contributed by atoms with van der Waals surface area (Å²) in [5, 5.41) is 2.90. The van der Waals surface area contributed by atoms with Crippen LogP contribution in [0.3, 0.4) is 0 Å². The van der Waals surface area contributed by atoms with Crippen LogP contribution in [0.2, 0.25) is 10.6 Å². The highest BCUT2D eigenvalue weighted by molar-refractivity contribution is 6.66. The van der Waals surface area contributed by atoms with Crippen molar-refractivity contribution in [2.45, 2.75) is 63.9 Å². The molecule has 0 aliphatic rings. The van der Waals surface area contributed by atoms with Crippen molar-refractivity contribution in [3.8, 4) is 0 Å². The van der Waals surface area contributed by atoms with E-state index in [1.54, 1.807) is 0 Å². The lowest BCUT2D eigenvalue weighted by Gasteiger charge is -2.11. The molecular formula is C12H25Al. The van der Waals surface area contributed by atoms with Gasteiger partial charge in [-0.25, -0.2) is 0 Å². The maximum Gasteiger partial charge on any atom is 0.298 e. The molecule has 0 radical (unpaired) electrons. The quantitative estimate of drug-likeness (QED) is 0.522. The van der Waals surface area contributed by atoms with Crippen molar-refractivity contribution in [2.24, 2.45) is 0 Å². The molecule has 0 aromatic carbocycles. The van der Waals surface area contributed by atoms with Gasteiger partial charge >= 0.3 is 0 Å². The number of allylic oxidation sites excluding steroid dienone is 2. The highest BCUT2D eigenvalue weighted by Gasteiger charge is 2.15. The number of hydrogen-bond donors (Lipinski definition) is 0. The first kappa shape index (κ1) is 13.3. The van der Waals surface area contributed by atoms with Crippen molar-refractivity contribution in [1.29, 1.82) is 0 Å². The highest BCUT2D eigenvalue weighted by atomic mass is 27.2. The van der Waals surface area contributed by atoms with Gasteiger partial charge in [-0.3, -0.25) is 0 Å². The van der Waals surface area contributed by atoms with Crippen molar-refractivity contribution in [2.75, 3.05) is 0 Å². The summed E-state index contributed by atoms with van der Waals surface area (Å²) in [5.41, 5.74) is 0. The van der Waals surface area contributed by atoms with Gasteiger partial charge in [0.2, 0.25) is 0 Å². The van der Waals surface area contributed by atoms with Crippen LogP contribution in [0.25, 0.3) is 0 Å². The van der Waals surface area contributed by atoms with Crippen LogP contribution < -0.4 is 0 Å². The van der Waals surface area contributed by atoms with E-state index in [4.69, 9.17) is 0 Å². The van der Waals surface area contributed by atoms with E-state index in [9.17, 15) is 0 Å². The van der Waals surface area contributed by atoms with Crippen LogP contribution in [0.4, 0.5) is 0 Å². The molecule has 0 saturated heterocycles. The maximum absolute atomic E-state index is 2.55. The topological polar surface area (TPSA) is 0 Å². The minimum Gasteiger partial charge on any atom is -0.134 e. The third kappa shape index (κ3) is 5.55. The molecule has 0 saturated carbocycles. The number of rotatable bonds is 7. The van der Waals surface area contributed by atoms with Gasteiger partial charge in [0.1, 0.15) is 0 Å². The van der Waals surface area contributed by atoms with E-state index in [0.717, 1.165) is 0 Å². The average molecular weight is 196 g/mol. The molecule has 0 aliphatic carbocycles. The molecule has 1 heteroatoms. The fourth-order valence-corrected chi connectivity index (χ4v) is 4.73. The Morgan fingerprint density at radius 2 is 1.62 bits per heavy atom. The summed E-state index contributed by atoms with van der Waals surface area (Å²) in [6, 6.07) is 0. The molecule has 0 amide bonds. The van der Waals surface area contributed by atoms with Crippen molar-refractivity contribution >= 4 is 14.1 Å². The molecule has 0 heterocycles. The Kier molecular flexibility index (Phi) is 9.04. The van der Waals surface area contributed by atoms with Crippen molar-refractivity contribution < 1.29 is 0 Å². The average Bonchev–Trinajstić information content (AvgIpc) is 2.16. The minimum atomic E-state index is -0.495. The molecule has 0 bridgehead atoms. The first-order chi connectivity index (χ1) is 6.29. The van der Waals surface area contributed by atoms with Gasteiger partial charge < -0.3 is 0 Å². The second-order valence-corrected chi connectivity index (χ2v) is 7.60. The SMILES string of the molecule is CCC/C=[C](/CCC)[Al]([CH2]C)[CH2]C. The van der Waals surface area contributed by atoms with Crippen LogP contribution in [-0.4, -0.2) is 14.1 Å². The van der Waals surface area contributed by atoms with Gasteiger partial charge in [-0.05, 0) is 12.8 Å². The second-order valence-electron chi connectivity index (χ2n) is 3.83. The lowest BCUT2D eigenvalue weighted by atomic mass is 10.2. The molecule has 0 nitrogen and oxygen atoms in total. The molecule has 0 aliphatic heterocycles. The third-order valence-corrected chi connectivity index (χ3v) is 6.29. The maximum atomic E-state index is 2.55. The molecule has 0 atom stereocenters. The third-order valence-electron chi connectivity index (χ3n) is 2.74. The molecule has 0 N–H and O–H groups in total. The van der Waals surface area contributed by atoms with Gasteiger partial charge in [-0.15, -0.1) is 10.5 Å². The Hall–Kier alpha value is 0.272. The zero-order valence-electron chi connectivity index (χ0n) is 9.90. The second kappa shape index (κ2) is 8.85. The van der Waals surface area contributed by atoms with Gasteiger partial charge in [0.05, 0.1) is 0 Å². The smallest absolute Gasteiger partial charge is 0.134 e. The molecule has 0 aromatic rings. The van der Waals surface area contributed by atoms with Gasteiger partial charge in [0.25, 0.3) is 14.1 Å². The summed E-state index contributed by atoms with van der Waals surface area (Å²) >= 11 is -0.495. The fraction of sp³-hybridized carbons (Fsp3) is 0.833. The first-order valence-corrected chi connectivity index (χ1v) is 8.19. The molecule has 0 fully saturated rings. The molecular weight excluding hydrogens is 171 g/mol. The lowest BCUT2D eigenvalue weighted by molar-refractivity contribution is 0.902. The summed E-state index contributed by atoms with van der Waals surface area (Å²) in [7, 11) is 0. The van der Waals surface area contributed by atoms with E-state index in [2.05, 4.69) is 33.8 Å². The highest BCUT2D eigenvalue weighted by Crippen LogP contribution is 2.16. The standard InChI is InChI=1S/C8H15.2C2H5.Al/c1-3-5-7-8-6-4-2;2*1-2;/h7H,3-6H2,1-2H3;2*1H2,2H3;. The van der Waals surface area contributed by atoms with E-state index < -0.39 is 14.1 Å². The van der Waals surface area contributed by atoms with E-state index in [1.165, 1.54) is 36.2 Å². The Balaban J connectivity index is 4.19. The van der Waals surface area contributed by atoms with E-state index in [0.29, 0.717) is 0 Å². The van der Waals surface area contributed by atoms with Crippen LogP contribution in [0, 0.1) is 0 Å². The summed E-state index contributed by atoms with van der Waals surface area (Å²) in [5.74, 6) is 0. The first-order valence-electron chi connectivity index (χ1n) is 5.98. The summed E-state index contributed by atoms with van der Waals surface area (Å²) in [4.78, 5) is 0. The van der Waals surface area contributed by atoms with Crippen molar-refractivity contribution in [1.82, 2.24) is 0 Å². The fourth-order valence-electron chi connectivity index (χ4n) is 1.90. The van der Waals surface area contributed by atoms with Crippen molar-refractivity contribution in [3.63, 3.8) is 0 Å². The van der Waals surface area contributed by atoms with E-state index in [1.807, 2.05) is 4.44 Å². The van der Waals surface area contributed by atoms with Crippen LogP contribution in [-0.2, 0) is 0 Å². The normalized spacial score (nSPS) is 11.8. The molecule has 76 valence electrons. The molecule has 0 aromatic heterocycles. The Morgan fingerprint density at radius 3 is 2.00 bits per heavy atom. The van der Waals surface area contributed by atoms with Crippen LogP contribution in [0.1, 0.15) is 53.4 Å². The number of unbranched alkanes of at least 4 members (excludes halogenated alkanes) is 1. The summed E-state index contributed by atoms with van der Waals surface area (Å²) in [6.07, 6.45) is 7.87. The molecule has 0 unspecified atom stereocenters. The minimum absolute atomic E-state index is 0.495. The summed E-state index contributed by atoms with van der Waals surface area (Å²) < 4.78 is 1.86. The largest absolute Gasteiger partial charge is 0.298 e. The van der Waals surface area contributed by atoms with Gasteiger partial charge in [0.15, 0.2) is 0 Å². The zero-order chi connectivity index (χ0) is 10.1.